The zero-order chi connectivity index (χ0) is 19.3. The first kappa shape index (κ1) is 20.0. The Labute approximate surface area is 163 Å². The molecule has 0 spiro atoms. The van der Waals surface area contributed by atoms with E-state index in [-0.39, 0.29) is 0 Å². The molecule has 0 atom stereocenters. The average molecular weight is 375 g/mol. The van der Waals surface area contributed by atoms with Crippen molar-refractivity contribution in [1.82, 2.24) is 10.2 Å². The zero-order valence-electron chi connectivity index (χ0n) is 17.0. The lowest BCUT2D eigenvalue weighted by atomic mass is 9.95. The molecule has 0 aliphatic carbocycles. The molecule has 0 radical (unpaired) electrons. The summed E-state index contributed by atoms with van der Waals surface area (Å²) >= 11 is 0. The highest BCUT2D eigenvalue weighted by molar-refractivity contribution is 5.80. The Bertz CT molecular complexity index is 648. The van der Waals surface area contributed by atoms with Crippen LogP contribution in [0.2, 0.25) is 0 Å². The van der Waals surface area contributed by atoms with Crippen molar-refractivity contribution in [2.45, 2.75) is 39.2 Å². The molecular formula is C21H34N4O2. The third kappa shape index (κ3) is 4.93. The molecule has 2 aliphatic rings. The van der Waals surface area contributed by atoms with Gasteiger partial charge in [-0.25, -0.2) is 0 Å². The van der Waals surface area contributed by atoms with Crippen LogP contribution < -0.4 is 10.2 Å². The van der Waals surface area contributed by atoms with E-state index in [0.717, 1.165) is 38.7 Å². The molecule has 1 aromatic carbocycles. The summed E-state index contributed by atoms with van der Waals surface area (Å²) in [6.07, 6.45) is 1.33. The highest BCUT2D eigenvalue weighted by Gasteiger charge is 2.30. The lowest BCUT2D eigenvalue weighted by Crippen LogP contribution is -2.53. The van der Waals surface area contributed by atoms with Crippen molar-refractivity contribution in [3.63, 3.8) is 0 Å². The minimum absolute atomic E-state index is 0.440. The monoisotopic (exact) mass is 374 g/mol. The largest absolute Gasteiger partial charge is 0.388 e. The molecule has 6 heteroatoms. The molecule has 1 aromatic rings. The molecule has 0 saturated carbocycles. The van der Waals surface area contributed by atoms with Crippen LogP contribution in [-0.2, 0) is 4.74 Å². The van der Waals surface area contributed by atoms with Crippen LogP contribution in [0.25, 0.3) is 0 Å². The summed E-state index contributed by atoms with van der Waals surface area (Å²) in [7, 11) is 0. The maximum atomic E-state index is 10.7. The van der Waals surface area contributed by atoms with Crippen molar-refractivity contribution in [2.24, 2.45) is 4.99 Å². The second-order valence-electron chi connectivity index (χ2n) is 7.70. The van der Waals surface area contributed by atoms with Gasteiger partial charge in [0.1, 0.15) is 0 Å². The minimum Gasteiger partial charge on any atom is -0.388 e. The first-order valence-electron chi connectivity index (χ1n) is 10.2. The van der Waals surface area contributed by atoms with Crippen molar-refractivity contribution >= 4 is 11.6 Å². The van der Waals surface area contributed by atoms with E-state index in [1.165, 1.54) is 16.8 Å². The number of nitrogens with one attached hydrogen (secondary N) is 1. The average Bonchev–Trinajstić information content (AvgIpc) is 2.68. The summed E-state index contributed by atoms with van der Waals surface area (Å²) < 4.78 is 5.37. The van der Waals surface area contributed by atoms with Gasteiger partial charge in [-0.2, -0.15) is 0 Å². The maximum Gasteiger partial charge on any atom is 0.194 e. The number of hydrogen-bond acceptors (Lipinski definition) is 4. The fraction of sp³-hybridized carbons (Fsp3) is 0.667. The number of aliphatic hydroxyl groups is 1. The third-order valence-electron chi connectivity index (χ3n) is 5.78. The quantitative estimate of drug-likeness (QED) is 0.623. The Morgan fingerprint density at radius 1 is 1.19 bits per heavy atom. The molecule has 27 heavy (non-hydrogen) atoms. The van der Waals surface area contributed by atoms with Gasteiger partial charge in [0.2, 0.25) is 0 Å². The SMILES string of the molecule is CCNC(=NCC1(O)CCOCC1)N1CCN(c2cccc(C)c2C)CC1. The molecule has 150 valence electrons. The summed E-state index contributed by atoms with van der Waals surface area (Å²) in [5.74, 6) is 0.915. The molecule has 3 rings (SSSR count). The summed E-state index contributed by atoms with van der Waals surface area (Å²) in [4.78, 5) is 9.55. The van der Waals surface area contributed by atoms with E-state index in [1.54, 1.807) is 0 Å². The van der Waals surface area contributed by atoms with Crippen LogP contribution in [-0.4, -0.2) is 74.0 Å². The molecule has 2 saturated heterocycles. The van der Waals surface area contributed by atoms with E-state index in [0.29, 0.717) is 32.6 Å². The van der Waals surface area contributed by atoms with Gasteiger partial charge >= 0.3 is 0 Å². The Balaban J connectivity index is 1.63. The second-order valence-corrected chi connectivity index (χ2v) is 7.70. The predicted molar refractivity (Wildman–Crippen MR) is 111 cm³/mol. The lowest BCUT2D eigenvalue weighted by Gasteiger charge is -2.39. The number of ether oxygens (including phenoxy) is 1. The van der Waals surface area contributed by atoms with Crippen LogP contribution in [0.4, 0.5) is 5.69 Å². The summed E-state index contributed by atoms with van der Waals surface area (Å²) in [5.41, 5.74) is 3.33. The fourth-order valence-corrected chi connectivity index (χ4v) is 3.79. The molecule has 0 unspecified atom stereocenters. The first-order chi connectivity index (χ1) is 13.0. The highest BCUT2D eigenvalue weighted by atomic mass is 16.5. The molecule has 0 bridgehead atoms. The molecule has 2 fully saturated rings. The van der Waals surface area contributed by atoms with Crippen molar-refractivity contribution in [3.8, 4) is 0 Å². The normalized spacial score (nSPS) is 20.7. The molecule has 0 aromatic heterocycles. The number of anilines is 1. The summed E-state index contributed by atoms with van der Waals surface area (Å²) in [5, 5.41) is 14.1. The number of hydrogen-bond donors (Lipinski definition) is 2. The number of rotatable bonds is 4. The minimum atomic E-state index is -0.723. The standard InChI is InChI=1S/C21H34N4O2/c1-4-22-20(23-16-21(26)8-14-27-15-9-21)25-12-10-24(11-13-25)19-7-5-6-17(2)18(19)3/h5-7,26H,4,8-16H2,1-3H3,(H,22,23). The Morgan fingerprint density at radius 2 is 1.89 bits per heavy atom. The molecule has 2 heterocycles. The topological polar surface area (TPSA) is 60.3 Å². The number of guanidine groups is 1. The third-order valence-corrected chi connectivity index (χ3v) is 5.78. The van der Waals surface area contributed by atoms with Gasteiger partial charge in [-0.15, -0.1) is 0 Å². The summed E-state index contributed by atoms with van der Waals surface area (Å²) in [6, 6.07) is 6.54. The summed E-state index contributed by atoms with van der Waals surface area (Å²) in [6.45, 7) is 12.8. The molecule has 2 aliphatic heterocycles. The van der Waals surface area contributed by atoms with Crippen LogP contribution in [0.3, 0.4) is 0 Å². The van der Waals surface area contributed by atoms with Gasteiger partial charge in [0.05, 0.1) is 12.1 Å². The number of aliphatic imine (C=N–C) groups is 1. The van der Waals surface area contributed by atoms with E-state index < -0.39 is 5.60 Å². The van der Waals surface area contributed by atoms with Crippen LogP contribution in [0, 0.1) is 13.8 Å². The van der Waals surface area contributed by atoms with Gasteiger partial charge in [-0.1, -0.05) is 12.1 Å². The van der Waals surface area contributed by atoms with Crippen LogP contribution >= 0.6 is 0 Å². The second kappa shape index (κ2) is 8.93. The van der Waals surface area contributed by atoms with Crippen LogP contribution in [0.5, 0.6) is 0 Å². The maximum absolute atomic E-state index is 10.7. The van der Waals surface area contributed by atoms with Gasteiger partial charge in [0.25, 0.3) is 0 Å². The van der Waals surface area contributed by atoms with Gasteiger partial charge < -0.3 is 25.0 Å². The Hall–Kier alpha value is -1.79. The van der Waals surface area contributed by atoms with E-state index >= 15 is 0 Å². The van der Waals surface area contributed by atoms with E-state index in [4.69, 9.17) is 9.73 Å². The van der Waals surface area contributed by atoms with E-state index in [9.17, 15) is 5.11 Å². The smallest absolute Gasteiger partial charge is 0.194 e. The first-order valence-corrected chi connectivity index (χ1v) is 10.2. The molecule has 6 nitrogen and oxygen atoms in total. The highest BCUT2D eigenvalue weighted by Crippen LogP contribution is 2.24. The van der Waals surface area contributed by atoms with Crippen molar-refractivity contribution < 1.29 is 9.84 Å². The number of nitrogens with zero attached hydrogens (tertiary/aromatic N) is 3. The molecular weight excluding hydrogens is 340 g/mol. The number of benzene rings is 1. The van der Waals surface area contributed by atoms with E-state index in [2.05, 4.69) is 54.1 Å². The van der Waals surface area contributed by atoms with Gasteiger partial charge in [0.15, 0.2) is 5.96 Å². The van der Waals surface area contributed by atoms with Crippen LogP contribution in [0.15, 0.2) is 23.2 Å². The van der Waals surface area contributed by atoms with Gasteiger partial charge in [0, 0.05) is 64.5 Å². The van der Waals surface area contributed by atoms with Gasteiger partial charge in [-0.05, 0) is 38.0 Å². The Morgan fingerprint density at radius 3 is 2.56 bits per heavy atom. The van der Waals surface area contributed by atoms with Crippen LogP contribution in [0.1, 0.15) is 30.9 Å². The number of aryl methyl sites for hydroxylation is 1. The van der Waals surface area contributed by atoms with Crippen molar-refractivity contribution in [3.05, 3.63) is 29.3 Å². The van der Waals surface area contributed by atoms with E-state index in [1.807, 2.05) is 0 Å². The molecule has 2 N–H and O–H groups in total. The van der Waals surface area contributed by atoms with Crippen molar-refractivity contribution in [2.75, 3.05) is 57.4 Å². The number of piperazine rings is 1. The fourth-order valence-electron chi connectivity index (χ4n) is 3.79. The predicted octanol–water partition coefficient (Wildman–Crippen LogP) is 1.93. The van der Waals surface area contributed by atoms with Gasteiger partial charge in [-0.3, -0.25) is 4.99 Å². The lowest BCUT2D eigenvalue weighted by molar-refractivity contribution is -0.0566. The van der Waals surface area contributed by atoms with Crippen molar-refractivity contribution in [1.29, 1.82) is 0 Å². The Kier molecular flexibility index (Phi) is 6.60. The molecule has 0 amide bonds. The zero-order valence-corrected chi connectivity index (χ0v) is 17.0.